The molecule has 2 heterocycles. The second kappa shape index (κ2) is 8.14. The van der Waals surface area contributed by atoms with Crippen molar-refractivity contribution in [2.75, 3.05) is 6.54 Å². The van der Waals surface area contributed by atoms with Crippen LogP contribution in [0.15, 0.2) is 55.0 Å². The summed E-state index contributed by atoms with van der Waals surface area (Å²) in [6, 6.07) is 8.49. The van der Waals surface area contributed by atoms with Crippen LogP contribution in [0.5, 0.6) is 0 Å². The zero-order chi connectivity index (χ0) is 22.1. The minimum Gasteiger partial charge on any atom is -0.351 e. The summed E-state index contributed by atoms with van der Waals surface area (Å²) in [5, 5.41) is 10.4. The Morgan fingerprint density at radius 3 is 2.77 bits per heavy atom. The fraction of sp³-hybridized carbons (Fsp3) is 0.318. The van der Waals surface area contributed by atoms with E-state index in [2.05, 4.69) is 20.5 Å². The number of halogens is 3. The van der Waals surface area contributed by atoms with Crippen LogP contribution in [0.1, 0.15) is 24.0 Å². The average molecular weight is 429 g/mol. The lowest BCUT2D eigenvalue weighted by molar-refractivity contribution is -0.168. The Hall–Kier alpha value is -3.20. The number of rotatable bonds is 7. The van der Waals surface area contributed by atoms with Crippen LogP contribution in [-0.2, 0) is 11.2 Å². The normalized spacial score (nSPS) is 16.8. The maximum atomic E-state index is 13.7. The number of carbonyl (C=O) groups excluding carboxylic acids is 1. The Morgan fingerprint density at radius 1 is 1.29 bits per heavy atom. The summed E-state index contributed by atoms with van der Waals surface area (Å²) in [4.78, 5) is 16.4. The maximum absolute atomic E-state index is 13.7. The van der Waals surface area contributed by atoms with Crippen molar-refractivity contribution in [3.05, 3.63) is 66.1 Å². The van der Waals surface area contributed by atoms with Gasteiger partial charge in [-0.15, -0.1) is 0 Å². The SMILES string of the molecule is N[C@H](CNC(=O)/C=C(\c1cccnc1)C1(C(F)(F)F)CC1)Cc1ccc2[nH]ncc2c1. The highest BCUT2D eigenvalue weighted by atomic mass is 19.4. The van der Waals surface area contributed by atoms with Gasteiger partial charge in [-0.05, 0) is 54.2 Å². The predicted molar refractivity (Wildman–Crippen MR) is 111 cm³/mol. The third-order valence-corrected chi connectivity index (χ3v) is 5.60. The molecule has 6 nitrogen and oxygen atoms in total. The van der Waals surface area contributed by atoms with Crippen LogP contribution in [0.25, 0.3) is 16.5 Å². The van der Waals surface area contributed by atoms with Crippen LogP contribution in [0.2, 0.25) is 0 Å². The van der Waals surface area contributed by atoms with Gasteiger partial charge in [-0.1, -0.05) is 12.1 Å². The van der Waals surface area contributed by atoms with Crippen LogP contribution in [-0.4, -0.2) is 39.9 Å². The average Bonchev–Trinajstić information content (AvgIpc) is 3.43. The molecule has 2 aromatic heterocycles. The minimum atomic E-state index is -4.43. The molecule has 162 valence electrons. The van der Waals surface area contributed by atoms with Gasteiger partial charge in [-0.25, -0.2) is 0 Å². The van der Waals surface area contributed by atoms with E-state index < -0.39 is 17.5 Å². The van der Waals surface area contributed by atoms with Crippen LogP contribution in [0.4, 0.5) is 13.2 Å². The first-order valence-corrected chi connectivity index (χ1v) is 9.93. The van der Waals surface area contributed by atoms with Crippen molar-refractivity contribution < 1.29 is 18.0 Å². The smallest absolute Gasteiger partial charge is 0.351 e. The third-order valence-electron chi connectivity index (χ3n) is 5.60. The second-order valence-electron chi connectivity index (χ2n) is 7.88. The molecule has 1 aromatic carbocycles. The molecule has 0 saturated heterocycles. The molecule has 1 amide bonds. The van der Waals surface area contributed by atoms with Gasteiger partial charge < -0.3 is 11.1 Å². The largest absolute Gasteiger partial charge is 0.398 e. The Morgan fingerprint density at radius 2 is 2.10 bits per heavy atom. The summed E-state index contributed by atoms with van der Waals surface area (Å²) in [5.41, 5.74) is 6.29. The van der Waals surface area contributed by atoms with Gasteiger partial charge in [-0.3, -0.25) is 14.9 Å². The lowest BCUT2D eigenvalue weighted by Crippen LogP contribution is -2.38. The summed E-state index contributed by atoms with van der Waals surface area (Å²) in [6.45, 7) is 0.137. The van der Waals surface area contributed by atoms with E-state index in [-0.39, 0.29) is 31.0 Å². The van der Waals surface area contributed by atoms with Gasteiger partial charge in [0.15, 0.2) is 0 Å². The van der Waals surface area contributed by atoms with E-state index in [1.54, 1.807) is 12.3 Å². The first kappa shape index (κ1) is 21.0. The van der Waals surface area contributed by atoms with Gasteiger partial charge in [0.2, 0.25) is 5.91 Å². The van der Waals surface area contributed by atoms with Gasteiger partial charge in [0, 0.05) is 36.4 Å². The minimum absolute atomic E-state index is 0.0412. The number of benzene rings is 1. The Balaban J connectivity index is 1.44. The van der Waals surface area contributed by atoms with Crippen molar-refractivity contribution in [2.24, 2.45) is 11.1 Å². The lowest BCUT2D eigenvalue weighted by Gasteiger charge is -2.23. The molecular weight excluding hydrogens is 407 g/mol. The molecule has 31 heavy (non-hydrogen) atoms. The number of carbonyl (C=O) groups is 1. The van der Waals surface area contributed by atoms with E-state index in [0.717, 1.165) is 22.5 Å². The molecule has 0 unspecified atom stereocenters. The number of hydrogen-bond acceptors (Lipinski definition) is 4. The molecule has 1 aliphatic carbocycles. The van der Waals surface area contributed by atoms with E-state index in [4.69, 9.17) is 5.73 Å². The summed E-state index contributed by atoms with van der Waals surface area (Å²) in [6.07, 6.45) is 1.58. The molecule has 1 fully saturated rings. The molecule has 1 aliphatic rings. The van der Waals surface area contributed by atoms with E-state index in [1.807, 2.05) is 18.2 Å². The molecular formula is C22H22F3N5O. The van der Waals surface area contributed by atoms with Crippen LogP contribution < -0.4 is 11.1 Å². The second-order valence-corrected chi connectivity index (χ2v) is 7.88. The Bertz CT molecular complexity index is 1100. The number of nitrogens with two attached hydrogens (primary N) is 1. The van der Waals surface area contributed by atoms with Crippen molar-refractivity contribution in [1.82, 2.24) is 20.5 Å². The number of nitrogens with one attached hydrogen (secondary N) is 2. The molecule has 4 N–H and O–H groups in total. The van der Waals surface area contributed by atoms with Gasteiger partial charge in [0.1, 0.15) is 0 Å². The molecule has 4 rings (SSSR count). The van der Waals surface area contributed by atoms with Gasteiger partial charge in [0.25, 0.3) is 0 Å². The highest BCUT2D eigenvalue weighted by Crippen LogP contribution is 2.64. The van der Waals surface area contributed by atoms with E-state index in [0.29, 0.717) is 12.0 Å². The number of fused-ring (bicyclic) bond motifs is 1. The van der Waals surface area contributed by atoms with Gasteiger partial charge >= 0.3 is 6.18 Å². The number of alkyl halides is 3. The number of aromatic nitrogens is 3. The lowest BCUT2D eigenvalue weighted by atomic mass is 9.89. The van der Waals surface area contributed by atoms with Gasteiger partial charge in [0.05, 0.1) is 17.1 Å². The van der Waals surface area contributed by atoms with E-state index >= 15 is 0 Å². The summed E-state index contributed by atoms with van der Waals surface area (Å²) in [5.74, 6) is -0.602. The molecule has 0 aliphatic heterocycles. The predicted octanol–water partition coefficient (Wildman–Crippen LogP) is 3.37. The molecule has 0 spiro atoms. The topological polar surface area (TPSA) is 96.7 Å². The van der Waals surface area contributed by atoms with Crippen molar-refractivity contribution in [3.63, 3.8) is 0 Å². The van der Waals surface area contributed by atoms with E-state index in [1.165, 1.54) is 18.5 Å². The highest BCUT2D eigenvalue weighted by Gasteiger charge is 2.65. The molecule has 9 heteroatoms. The number of hydrogen-bond donors (Lipinski definition) is 3. The number of amides is 1. The quantitative estimate of drug-likeness (QED) is 0.502. The first-order valence-electron chi connectivity index (χ1n) is 9.93. The molecule has 1 atom stereocenters. The van der Waals surface area contributed by atoms with Crippen molar-refractivity contribution in [1.29, 1.82) is 0 Å². The van der Waals surface area contributed by atoms with Gasteiger partial charge in [-0.2, -0.15) is 18.3 Å². The molecule has 3 aromatic rings. The van der Waals surface area contributed by atoms with Crippen LogP contribution in [0.3, 0.4) is 0 Å². The third kappa shape index (κ3) is 4.46. The molecule has 0 bridgehead atoms. The highest BCUT2D eigenvalue weighted by molar-refractivity contribution is 5.97. The monoisotopic (exact) mass is 429 g/mol. The van der Waals surface area contributed by atoms with Crippen molar-refractivity contribution >= 4 is 22.4 Å². The zero-order valence-corrected chi connectivity index (χ0v) is 16.6. The molecule has 1 saturated carbocycles. The van der Waals surface area contributed by atoms with Crippen molar-refractivity contribution in [3.8, 4) is 0 Å². The number of aromatic amines is 1. The summed E-state index contributed by atoms with van der Waals surface area (Å²) < 4.78 is 41.1. The van der Waals surface area contributed by atoms with E-state index in [9.17, 15) is 18.0 Å². The fourth-order valence-corrected chi connectivity index (χ4v) is 3.76. The Labute approximate surface area is 176 Å². The maximum Gasteiger partial charge on any atom is 0.398 e. The first-order chi connectivity index (χ1) is 14.8. The van der Waals surface area contributed by atoms with Crippen LogP contribution >= 0.6 is 0 Å². The van der Waals surface area contributed by atoms with Crippen LogP contribution in [0, 0.1) is 5.41 Å². The fourth-order valence-electron chi connectivity index (χ4n) is 3.76. The number of nitrogens with zero attached hydrogens (tertiary/aromatic N) is 2. The number of allylic oxidation sites excluding steroid dienone is 1. The zero-order valence-electron chi connectivity index (χ0n) is 16.6. The summed E-state index contributed by atoms with van der Waals surface area (Å²) in [7, 11) is 0. The molecule has 0 radical (unpaired) electrons. The standard InChI is InChI=1S/C22H22F3N5O/c23-22(24,25)21(5-6-21)18(15-2-1-7-27-11-15)10-20(31)28-13-17(26)9-14-3-4-19-16(8-14)12-29-30-19/h1-4,7-8,10-12,17H,5-6,9,13,26H2,(H,28,31)(H,29,30)/b18-10+/t17-/m0/s1. The number of H-pyrrole nitrogens is 1. The number of pyridine rings is 1. The Kier molecular flexibility index (Phi) is 5.53. The summed E-state index contributed by atoms with van der Waals surface area (Å²) >= 11 is 0. The van der Waals surface area contributed by atoms with Crippen molar-refractivity contribution in [2.45, 2.75) is 31.5 Å².